The topological polar surface area (TPSA) is 72.7 Å². The fraction of sp³-hybridized carbons (Fsp3) is 0.143. The van der Waals surface area contributed by atoms with Crippen molar-refractivity contribution < 1.29 is 4.79 Å². The molecule has 4 aromatic rings. The monoisotopic (exact) mass is 357 g/mol. The van der Waals surface area contributed by atoms with Crippen molar-refractivity contribution in [2.75, 3.05) is 0 Å². The van der Waals surface area contributed by atoms with Crippen molar-refractivity contribution in [2.45, 2.75) is 19.5 Å². The summed E-state index contributed by atoms with van der Waals surface area (Å²) < 4.78 is 1.80. The molecule has 6 heteroatoms. The number of fused-ring (bicyclic) bond motifs is 1. The molecule has 1 aromatic carbocycles. The second kappa shape index (κ2) is 7.37. The molecule has 134 valence electrons. The van der Waals surface area contributed by atoms with Crippen LogP contribution in [0, 0.1) is 0 Å². The fourth-order valence-electron chi connectivity index (χ4n) is 3.07. The van der Waals surface area contributed by atoms with E-state index in [-0.39, 0.29) is 11.9 Å². The number of amides is 1. The second-order valence-corrected chi connectivity index (χ2v) is 6.41. The lowest BCUT2D eigenvalue weighted by Crippen LogP contribution is -2.36. The minimum atomic E-state index is -0.122. The molecule has 0 spiro atoms. The zero-order valence-electron chi connectivity index (χ0n) is 14.9. The highest BCUT2D eigenvalue weighted by Crippen LogP contribution is 2.24. The number of pyridine rings is 2. The maximum absolute atomic E-state index is 13.0. The maximum atomic E-state index is 13.0. The number of hydrogen-bond acceptors (Lipinski definition) is 4. The van der Waals surface area contributed by atoms with Gasteiger partial charge in [0.25, 0.3) is 5.91 Å². The summed E-state index contributed by atoms with van der Waals surface area (Å²) in [6.45, 7) is 2.58. The molecule has 0 aliphatic heterocycles. The van der Waals surface area contributed by atoms with Gasteiger partial charge in [-0.2, -0.15) is 5.10 Å². The third-order valence-electron chi connectivity index (χ3n) is 4.33. The van der Waals surface area contributed by atoms with Crippen molar-refractivity contribution in [3.8, 4) is 11.3 Å². The van der Waals surface area contributed by atoms with Crippen molar-refractivity contribution in [1.82, 2.24) is 25.1 Å². The first-order valence-corrected chi connectivity index (χ1v) is 8.79. The number of aromatic nitrogens is 4. The SMILES string of the molecule is C[C@@H](Cn1cccn1)NC(=O)c1cc(-c2ccncc2)nc2ccccc12. The minimum Gasteiger partial charge on any atom is -0.348 e. The summed E-state index contributed by atoms with van der Waals surface area (Å²) in [5.74, 6) is -0.122. The van der Waals surface area contributed by atoms with Gasteiger partial charge in [0.2, 0.25) is 0 Å². The van der Waals surface area contributed by atoms with Crippen LogP contribution in [0.3, 0.4) is 0 Å². The van der Waals surface area contributed by atoms with Crippen molar-refractivity contribution >= 4 is 16.8 Å². The Bertz CT molecular complexity index is 1060. The summed E-state index contributed by atoms with van der Waals surface area (Å²) >= 11 is 0. The van der Waals surface area contributed by atoms with Gasteiger partial charge in [0, 0.05) is 41.8 Å². The van der Waals surface area contributed by atoms with Crippen LogP contribution in [0.2, 0.25) is 0 Å². The molecule has 27 heavy (non-hydrogen) atoms. The molecule has 0 bridgehead atoms. The van der Waals surface area contributed by atoms with E-state index in [1.54, 1.807) is 23.3 Å². The first-order chi connectivity index (χ1) is 13.2. The van der Waals surface area contributed by atoms with E-state index in [1.807, 2.05) is 61.7 Å². The van der Waals surface area contributed by atoms with Crippen LogP contribution < -0.4 is 5.32 Å². The molecule has 0 aliphatic carbocycles. The summed E-state index contributed by atoms with van der Waals surface area (Å²) in [4.78, 5) is 21.8. The molecule has 3 heterocycles. The molecular formula is C21H19N5O. The van der Waals surface area contributed by atoms with Gasteiger partial charge in [0.05, 0.1) is 23.3 Å². The van der Waals surface area contributed by atoms with Gasteiger partial charge in [-0.05, 0) is 37.3 Å². The summed E-state index contributed by atoms with van der Waals surface area (Å²) in [6, 6.07) is 15.1. The Kier molecular flexibility index (Phi) is 4.61. The lowest BCUT2D eigenvalue weighted by molar-refractivity contribution is 0.0937. The van der Waals surface area contributed by atoms with Crippen LogP contribution in [-0.2, 0) is 6.54 Å². The Labute approximate surface area is 156 Å². The molecule has 0 unspecified atom stereocenters. The minimum absolute atomic E-state index is 0.0614. The van der Waals surface area contributed by atoms with Crippen LogP contribution in [0.15, 0.2) is 73.3 Å². The van der Waals surface area contributed by atoms with Crippen molar-refractivity contribution in [2.24, 2.45) is 0 Å². The van der Waals surface area contributed by atoms with Gasteiger partial charge in [0.15, 0.2) is 0 Å². The normalized spacial score (nSPS) is 12.0. The fourth-order valence-corrected chi connectivity index (χ4v) is 3.07. The number of carbonyl (C=O) groups is 1. The van der Waals surface area contributed by atoms with E-state index in [0.29, 0.717) is 12.1 Å². The van der Waals surface area contributed by atoms with E-state index in [4.69, 9.17) is 4.98 Å². The van der Waals surface area contributed by atoms with Crippen LogP contribution in [0.4, 0.5) is 0 Å². The third kappa shape index (κ3) is 3.69. The standard InChI is InChI=1S/C21H19N5O/c1-15(14-26-12-4-9-23-26)24-21(27)18-13-20(16-7-10-22-11-8-16)25-19-6-3-2-5-17(18)19/h2-13,15H,14H2,1H3,(H,24,27)/t15-/m0/s1. The molecular weight excluding hydrogens is 338 g/mol. The predicted octanol–water partition coefficient (Wildman–Crippen LogP) is 3.31. The molecule has 1 amide bonds. The Morgan fingerprint density at radius 1 is 1.11 bits per heavy atom. The number of para-hydroxylation sites is 1. The molecule has 0 saturated carbocycles. The summed E-state index contributed by atoms with van der Waals surface area (Å²) in [5, 5.41) is 8.09. The average molecular weight is 357 g/mol. The van der Waals surface area contributed by atoms with Crippen molar-refractivity contribution in [1.29, 1.82) is 0 Å². The zero-order chi connectivity index (χ0) is 18.6. The highest BCUT2D eigenvalue weighted by atomic mass is 16.1. The van der Waals surface area contributed by atoms with Crippen LogP contribution in [-0.4, -0.2) is 31.7 Å². The number of carbonyl (C=O) groups excluding carboxylic acids is 1. The van der Waals surface area contributed by atoms with Gasteiger partial charge < -0.3 is 5.32 Å². The molecule has 0 fully saturated rings. The van der Waals surface area contributed by atoms with Gasteiger partial charge in [-0.25, -0.2) is 4.98 Å². The van der Waals surface area contributed by atoms with Crippen LogP contribution in [0.1, 0.15) is 17.3 Å². The highest BCUT2D eigenvalue weighted by Gasteiger charge is 2.16. The first-order valence-electron chi connectivity index (χ1n) is 8.79. The Hall–Kier alpha value is -3.54. The molecule has 3 aromatic heterocycles. The average Bonchev–Trinajstić information content (AvgIpc) is 3.20. The van der Waals surface area contributed by atoms with E-state index in [9.17, 15) is 4.79 Å². The van der Waals surface area contributed by atoms with Gasteiger partial charge in [0.1, 0.15) is 0 Å². The predicted molar refractivity (Wildman–Crippen MR) is 104 cm³/mol. The number of benzene rings is 1. The second-order valence-electron chi connectivity index (χ2n) is 6.41. The third-order valence-corrected chi connectivity index (χ3v) is 4.33. The van der Waals surface area contributed by atoms with E-state index < -0.39 is 0 Å². The van der Waals surface area contributed by atoms with Crippen LogP contribution in [0.25, 0.3) is 22.2 Å². The Morgan fingerprint density at radius 3 is 2.70 bits per heavy atom. The molecule has 0 radical (unpaired) electrons. The maximum Gasteiger partial charge on any atom is 0.252 e. The number of rotatable bonds is 5. The summed E-state index contributed by atoms with van der Waals surface area (Å²) in [5.41, 5.74) is 3.08. The van der Waals surface area contributed by atoms with Crippen LogP contribution in [0.5, 0.6) is 0 Å². The summed E-state index contributed by atoms with van der Waals surface area (Å²) in [6.07, 6.45) is 7.05. The molecule has 0 aliphatic rings. The molecule has 0 saturated heterocycles. The Morgan fingerprint density at radius 2 is 1.93 bits per heavy atom. The lowest BCUT2D eigenvalue weighted by atomic mass is 10.0. The van der Waals surface area contributed by atoms with Crippen LogP contribution >= 0.6 is 0 Å². The van der Waals surface area contributed by atoms with Crippen molar-refractivity contribution in [3.05, 3.63) is 78.9 Å². The number of nitrogens with one attached hydrogen (secondary N) is 1. The smallest absolute Gasteiger partial charge is 0.252 e. The first kappa shape index (κ1) is 16.9. The number of hydrogen-bond donors (Lipinski definition) is 1. The number of nitrogens with zero attached hydrogens (tertiary/aromatic N) is 4. The molecule has 4 rings (SSSR count). The van der Waals surface area contributed by atoms with E-state index in [0.717, 1.165) is 22.2 Å². The molecule has 1 atom stereocenters. The molecule has 1 N–H and O–H groups in total. The lowest BCUT2D eigenvalue weighted by Gasteiger charge is -2.16. The largest absolute Gasteiger partial charge is 0.348 e. The highest BCUT2D eigenvalue weighted by molar-refractivity contribution is 6.07. The van der Waals surface area contributed by atoms with E-state index in [1.165, 1.54) is 0 Å². The summed E-state index contributed by atoms with van der Waals surface area (Å²) in [7, 11) is 0. The van der Waals surface area contributed by atoms with E-state index >= 15 is 0 Å². The van der Waals surface area contributed by atoms with Gasteiger partial charge >= 0.3 is 0 Å². The van der Waals surface area contributed by atoms with Crippen molar-refractivity contribution in [3.63, 3.8) is 0 Å². The van der Waals surface area contributed by atoms with Gasteiger partial charge in [-0.15, -0.1) is 0 Å². The molecule has 6 nitrogen and oxygen atoms in total. The van der Waals surface area contributed by atoms with Gasteiger partial charge in [-0.3, -0.25) is 14.5 Å². The van der Waals surface area contributed by atoms with Gasteiger partial charge in [-0.1, -0.05) is 18.2 Å². The Balaban J connectivity index is 1.68. The quantitative estimate of drug-likeness (QED) is 0.595. The zero-order valence-corrected chi connectivity index (χ0v) is 14.9. The van der Waals surface area contributed by atoms with E-state index in [2.05, 4.69) is 15.4 Å².